The van der Waals surface area contributed by atoms with E-state index in [4.69, 9.17) is 0 Å². The number of hydrogen-bond acceptors (Lipinski definition) is 4. The molecule has 0 radical (unpaired) electrons. The molecule has 1 aromatic heterocycles. The molecule has 0 aromatic carbocycles. The molecule has 3 amide bonds. The Morgan fingerprint density at radius 3 is 2.62 bits per heavy atom. The molecule has 0 N–H and O–H groups in total. The summed E-state index contributed by atoms with van der Waals surface area (Å²) in [7, 11) is 0. The first kappa shape index (κ1) is 18.4. The van der Waals surface area contributed by atoms with Gasteiger partial charge in [-0.15, -0.1) is 0 Å². The Kier molecular flexibility index (Phi) is 5.85. The number of aromatic nitrogens is 1. The minimum absolute atomic E-state index is 0.0150. The Hall–Kier alpha value is -2.44. The lowest BCUT2D eigenvalue weighted by atomic mass is 9.99. The molecule has 0 saturated carbocycles. The van der Waals surface area contributed by atoms with E-state index < -0.39 is 0 Å². The zero-order chi connectivity index (χ0) is 18.5. The second kappa shape index (κ2) is 8.29. The van der Waals surface area contributed by atoms with Crippen LogP contribution in [0.4, 0.5) is 0 Å². The summed E-state index contributed by atoms with van der Waals surface area (Å²) < 4.78 is 0. The van der Waals surface area contributed by atoms with Crippen molar-refractivity contribution in [2.75, 3.05) is 32.7 Å². The fraction of sp³-hybridized carbons (Fsp3) is 0.579. The molecule has 3 heterocycles. The zero-order valence-electron chi connectivity index (χ0n) is 15.3. The first-order valence-corrected chi connectivity index (χ1v) is 9.39. The fourth-order valence-corrected chi connectivity index (χ4v) is 3.73. The van der Waals surface area contributed by atoms with E-state index in [0.29, 0.717) is 37.4 Å². The van der Waals surface area contributed by atoms with E-state index in [1.807, 2.05) is 4.90 Å². The van der Waals surface area contributed by atoms with Crippen molar-refractivity contribution in [3.8, 4) is 0 Å². The lowest BCUT2D eigenvalue weighted by Crippen LogP contribution is -2.48. The van der Waals surface area contributed by atoms with Gasteiger partial charge < -0.3 is 14.7 Å². The van der Waals surface area contributed by atoms with Crippen molar-refractivity contribution in [3.05, 3.63) is 29.6 Å². The Labute approximate surface area is 154 Å². The highest BCUT2D eigenvalue weighted by Gasteiger charge is 2.28. The van der Waals surface area contributed by atoms with Crippen molar-refractivity contribution in [3.63, 3.8) is 0 Å². The van der Waals surface area contributed by atoms with Crippen molar-refractivity contribution in [2.45, 2.75) is 38.6 Å². The highest BCUT2D eigenvalue weighted by Crippen LogP contribution is 2.22. The number of piperidine rings is 1. The smallest absolute Gasteiger partial charge is 0.272 e. The minimum atomic E-state index is -0.184. The molecule has 2 aliphatic rings. The summed E-state index contributed by atoms with van der Waals surface area (Å²) in [4.78, 5) is 45.9. The van der Waals surface area contributed by atoms with Gasteiger partial charge in [0, 0.05) is 50.5 Å². The van der Waals surface area contributed by atoms with Gasteiger partial charge in [-0.1, -0.05) is 6.92 Å². The first-order valence-electron chi connectivity index (χ1n) is 9.39. The van der Waals surface area contributed by atoms with Crippen molar-refractivity contribution >= 4 is 18.2 Å². The standard InChI is InChI=1S/C19H26N4O3/c1-2-16-5-3-4-8-23(16)18(25)15-6-7-20-17(13-15)19(26)22-11-9-21(14-24)10-12-22/h6-7,13-14,16H,2-5,8-12H2,1H3. The number of rotatable bonds is 4. The van der Waals surface area contributed by atoms with Crippen LogP contribution in [0.1, 0.15) is 53.5 Å². The van der Waals surface area contributed by atoms with E-state index in [2.05, 4.69) is 11.9 Å². The molecule has 1 aromatic rings. The molecule has 0 aliphatic carbocycles. The Morgan fingerprint density at radius 1 is 1.15 bits per heavy atom. The predicted molar refractivity (Wildman–Crippen MR) is 96.7 cm³/mol. The van der Waals surface area contributed by atoms with Crippen LogP contribution in [-0.4, -0.2) is 76.7 Å². The van der Waals surface area contributed by atoms with Gasteiger partial charge in [-0.3, -0.25) is 19.4 Å². The van der Waals surface area contributed by atoms with Gasteiger partial charge >= 0.3 is 0 Å². The van der Waals surface area contributed by atoms with Gasteiger partial charge in [0.2, 0.25) is 6.41 Å². The molecule has 140 valence electrons. The number of pyridine rings is 1. The van der Waals surface area contributed by atoms with Crippen LogP contribution < -0.4 is 0 Å². The summed E-state index contributed by atoms with van der Waals surface area (Å²) in [6.07, 6.45) is 6.52. The molecule has 26 heavy (non-hydrogen) atoms. The number of piperazine rings is 1. The Morgan fingerprint density at radius 2 is 1.92 bits per heavy atom. The van der Waals surface area contributed by atoms with Gasteiger partial charge in [-0.2, -0.15) is 0 Å². The number of carbonyl (C=O) groups excluding carboxylic acids is 3. The van der Waals surface area contributed by atoms with Crippen LogP contribution in [0.2, 0.25) is 0 Å². The maximum absolute atomic E-state index is 12.9. The van der Waals surface area contributed by atoms with E-state index in [1.165, 1.54) is 6.20 Å². The molecule has 2 aliphatic heterocycles. The topological polar surface area (TPSA) is 73.8 Å². The summed E-state index contributed by atoms with van der Waals surface area (Å²) >= 11 is 0. The molecule has 1 unspecified atom stereocenters. The summed E-state index contributed by atoms with van der Waals surface area (Å²) in [5.74, 6) is -0.199. The number of likely N-dealkylation sites (tertiary alicyclic amines) is 1. The third kappa shape index (κ3) is 3.86. The van der Waals surface area contributed by atoms with Crippen molar-refractivity contribution in [1.29, 1.82) is 0 Å². The van der Waals surface area contributed by atoms with Crippen LogP contribution >= 0.6 is 0 Å². The van der Waals surface area contributed by atoms with Gasteiger partial charge in [0.1, 0.15) is 5.69 Å². The van der Waals surface area contributed by atoms with E-state index in [1.54, 1.807) is 21.9 Å². The maximum atomic E-state index is 12.9. The summed E-state index contributed by atoms with van der Waals surface area (Å²) in [6, 6.07) is 3.57. The average Bonchev–Trinajstić information content (AvgIpc) is 2.72. The summed E-state index contributed by atoms with van der Waals surface area (Å²) in [5, 5.41) is 0. The van der Waals surface area contributed by atoms with Gasteiger partial charge in [-0.25, -0.2) is 0 Å². The predicted octanol–water partition coefficient (Wildman–Crippen LogP) is 1.40. The molecule has 7 heteroatoms. The second-order valence-electron chi connectivity index (χ2n) is 6.92. The van der Waals surface area contributed by atoms with Crippen LogP contribution in [0.3, 0.4) is 0 Å². The zero-order valence-corrected chi connectivity index (χ0v) is 15.3. The molecule has 1 atom stereocenters. The SMILES string of the molecule is CCC1CCCCN1C(=O)c1ccnc(C(=O)N2CCN(C=O)CC2)c1. The minimum Gasteiger partial charge on any atom is -0.342 e. The van der Waals surface area contributed by atoms with Crippen LogP contribution in [-0.2, 0) is 4.79 Å². The van der Waals surface area contributed by atoms with E-state index >= 15 is 0 Å². The van der Waals surface area contributed by atoms with E-state index in [9.17, 15) is 14.4 Å². The van der Waals surface area contributed by atoms with Gasteiger partial charge in [-0.05, 0) is 37.8 Å². The molecule has 2 fully saturated rings. The monoisotopic (exact) mass is 358 g/mol. The molecular formula is C19H26N4O3. The third-order valence-corrected chi connectivity index (χ3v) is 5.34. The lowest BCUT2D eigenvalue weighted by molar-refractivity contribution is -0.119. The molecule has 0 bridgehead atoms. The largest absolute Gasteiger partial charge is 0.342 e. The highest BCUT2D eigenvalue weighted by atomic mass is 16.2. The number of carbonyl (C=O) groups is 3. The van der Waals surface area contributed by atoms with Crippen molar-refractivity contribution in [1.82, 2.24) is 19.7 Å². The van der Waals surface area contributed by atoms with Crippen molar-refractivity contribution in [2.24, 2.45) is 0 Å². The maximum Gasteiger partial charge on any atom is 0.272 e. The quantitative estimate of drug-likeness (QED) is 0.763. The lowest BCUT2D eigenvalue weighted by Gasteiger charge is -2.35. The molecule has 3 rings (SSSR count). The number of nitrogens with zero attached hydrogens (tertiary/aromatic N) is 4. The summed E-state index contributed by atoms with van der Waals surface area (Å²) in [5.41, 5.74) is 0.815. The molecule has 0 spiro atoms. The molecular weight excluding hydrogens is 332 g/mol. The van der Waals surface area contributed by atoms with Crippen LogP contribution in [0.5, 0.6) is 0 Å². The van der Waals surface area contributed by atoms with Crippen LogP contribution in [0.25, 0.3) is 0 Å². The van der Waals surface area contributed by atoms with Crippen LogP contribution in [0, 0.1) is 0 Å². The Bertz CT molecular complexity index is 671. The molecule has 2 saturated heterocycles. The average molecular weight is 358 g/mol. The van der Waals surface area contributed by atoms with E-state index in [0.717, 1.165) is 38.6 Å². The van der Waals surface area contributed by atoms with Gasteiger partial charge in [0.15, 0.2) is 0 Å². The van der Waals surface area contributed by atoms with Gasteiger partial charge in [0.25, 0.3) is 11.8 Å². The normalized spacial score (nSPS) is 20.8. The highest BCUT2D eigenvalue weighted by molar-refractivity contribution is 5.98. The third-order valence-electron chi connectivity index (χ3n) is 5.34. The first-order chi connectivity index (χ1) is 12.6. The molecule has 7 nitrogen and oxygen atoms in total. The van der Waals surface area contributed by atoms with Gasteiger partial charge in [0.05, 0.1) is 0 Å². The summed E-state index contributed by atoms with van der Waals surface area (Å²) in [6.45, 7) is 4.91. The second-order valence-corrected chi connectivity index (χ2v) is 6.92. The van der Waals surface area contributed by atoms with Crippen molar-refractivity contribution < 1.29 is 14.4 Å². The number of hydrogen-bond donors (Lipinski definition) is 0. The van der Waals surface area contributed by atoms with Crippen LogP contribution in [0.15, 0.2) is 18.3 Å². The van der Waals surface area contributed by atoms with E-state index in [-0.39, 0.29) is 17.9 Å². The fourth-order valence-electron chi connectivity index (χ4n) is 3.73. The Balaban J connectivity index is 1.72. The number of amides is 3.